The predicted molar refractivity (Wildman–Crippen MR) is 102 cm³/mol. The molecule has 0 bridgehead atoms. The molecule has 1 aliphatic rings. The molecule has 1 aliphatic heterocycles. The number of benzene rings is 3. The van der Waals surface area contributed by atoms with Crippen LogP contribution in [0.15, 0.2) is 60.7 Å². The minimum atomic E-state index is -0.333. The Balaban J connectivity index is 1.65. The second-order valence-electron chi connectivity index (χ2n) is 5.90. The molecule has 2 N–H and O–H groups in total. The van der Waals surface area contributed by atoms with Gasteiger partial charge in [0.05, 0.1) is 0 Å². The number of rotatable bonds is 4. The van der Waals surface area contributed by atoms with Crippen molar-refractivity contribution in [2.45, 2.75) is 0 Å². The van der Waals surface area contributed by atoms with Crippen molar-refractivity contribution in [1.82, 2.24) is 0 Å². The van der Waals surface area contributed by atoms with Gasteiger partial charge in [-0.3, -0.25) is 0 Å². The maximum atomic E-state index is 5.30. The molecule has 0 aliphatic carbocycles. The zero-order valence-corrected chi connectivity index (χ0v) is 13.7. The van der Waals surface area contributed by atoms with Crippen LogP contribution in [0, 0.1) is 0 Å². The molecule has 4 rings (SSSR count). The standard InChI is InChI=1S/C18H18B2N2O2/c1-23-20(24-2)15-11-9-14(10-12-15)19-21-16-7-3-5-13-6-4-8-17(22-19)18(13)16/h3-12,21-22H,1-2H3. The third-order valence-electron chi connectivity index (χ3n) is 4.47. The lowest BCUT2D eigenvalue weighted by Gasteiger charge is -2.27. The maximum Gasteiger partial charge on any atom is 0.493 e. The molecule has 0 spiro atoms. The van der Waals surface area contributed by atoms with E-state index >= 15 is 0 Å². The third-order valence-corrected chi connectivity index (χ3v) is 4.47. The van der Waals surface area contributed by atoms with E-state index in [2.05, 4.69) is 59.0 Å². The van der Waals surface area contributed by atoms with Gasteiger partial charge in [0.2, 0.25) is 0 Å². The molecule has 0 fully saturated rings. The summed E-state index contributed by atoms with van der Waals surface area (Å²) in [4.78, 5) is 0. The zero-order valence-electron chi connectivity index (χ0n) is 13.7. The van der Waals surface area contributed by atoms with E-state index in [1.807, 2.05) is 12.1 Å². The molecule has 6 heteroatoms. The largest absolute Gasteiger partial charge is 0.493 e. The van der Waals surface area contributed by atoms with Crippen molar-refractivity contribution in [2.75, 3.05) is 24.7 Å². The van der Waals surface area contributed by atoms with Crippen LogP contribution in [0.4, 0.5) is 11.4 Å². The Morgan fingerprint density at radius 2 is 1.38 bits per heavy atom. The third kappa shape index (κ3) is 2.54. The predicted octanol–water partition coefficient (Wildman–Crippen LogP) is 2.06. The van der Waals surface area contributed by atoms with E-state index in [1.165, 1.54) is 10.8 Å². The van der Waals surface area contributed by atoms with Gasteiger partial charge in [-0.15, -0.1) is 0 Å². The molecule has 0 radical (unpaired) electrons. The van der Waals surface area contributed by atoms with E-state index in [0.717, 1.165) is 22.3 Å². The molecule has 0 unspecified atom stereocenters. The molecule has 24 heavy (non-hydrogen) atoms. The molecule has 0 amide bonds. The minimum Gasteiger partial charge on any atom is -0.410 e. The second kappa shape index (κ2) is 6.23. The van der Waals surface area contributed by atoms with Gasteiger partial charge in [0.15, 0.2) is 0 Å². The lowest BCUT2D eigenvalue weighted by molar-refractivity contribution is 0.292. The average Bonchev–Trinajstić information content (AvgIpc) is 2.64. The van der Waals surface area contributed by atoms with E-state index in [4.69, 9.17) is 9.31 Å². The van der Waals surface area contributed by atoms with Gasteiger partial charge in [-0.05, 0) is 28.4 Å². The first-order chi connectivity index (χ1) is 11.8. The molecule has 0 saturated heterocycles. The van der Waals surface area contributed by atoms with E-state index < -0.39 is 0 Å². The van der Waals surface area contributed by atoms with Crippen LogP contribution in [0.3, 0.4) is 0 Å². The molecule has 118 valence electrons. The van der Waals surface area contributed by atoms with Crippen molar-refractivity contribution in [3.8, 4) is 0 Å². The molecular formula is C18H18B2N2O2. The Labute approximate surface area is 142 Å². The van der Waals surface area contributed by atoms with Gasteiger partial charge in [0, 0.05) is 31.0 Å². The van der Waals surface area contributed by atoms with Crippen LogP contribution in [0.25, 0.3) is 10.8 Å². The summed E-state index contributed by atoms with van der Waals surface area (Å²) in [5.74, 6) is 0. The second-order valence-corrected chi connectivity index (χ2v) is 5.90. The van der Waals surface area contributed by atoms with Crippen molar-refractivity contribution < 1.29 is 9.31 Å². The SMILES string of the molecule is COB(OC)c1ccc(B2Nc3cccc4cccc(c34)N2)cc1. The summed E-state index contributed by atoms with van der Waals surface area (Å²) >= 11 is 0. The van der Waals surface area contributed by atoms with E-state index in [1.54, 1.807) is 14.2 Å². The van der Waals surface area contributed by atoms with Crippen LogP contribution < -0.4 is 21.4 Å². The Kier molecular flexibility index (Phi) is 3.92. The van der Waals surface area contributed by atoms with Crippen molar-refractivity contribution in [3.63, 3.8) is 0 Å². The van der Waals surface area contributed by atoms with Crippen molar-refractivity contribution in [2.24, 2.45) is 0 Å². The summed E-state index contributed by atoms with van der Waals surface area (Å²) in [7, 11) is 2.95. The first kappa shape index (κ1) is 15.1. The highest BCUT2D eigenvalue weighted by molar-refractivity contribution is 6.80. The highest BCUT2D eigenvalue weighted by Gasteiger charge is 2.26. The number of anilines is 2. The average molecular weight is 316 g/mol. The van der Waals surface area contributed by atoms with E-state index in [0.29, 0.717) is 0 Å². The molecule has 3 aromatic carbocycles. The molecular weight excluding hydrogens is 298 g/mol. The van der Waals surface area contributed by atoms with Crippen molar-refractivity contribution in [3.05, 3.63) is 60.7 Å². The van der Waals surface area contributed by atoms with E-state index in [-0.39, 0.29) is 14.1 Å². The topological polar surface area (TPSA) is 42.5 Å². The Morgan fingerprint density at radius 1 is 0.792 bits per heavy atom. The first-order valence-corrected chi connectivity index (χ1v) is 8.00. The number of hydrogen-bond donors (Lipinski definition) is 2. The fourth-order valence-corrected chi connectivity index (χ4v) is 3.31. The Bertz CT molecular complexity index is 826. The van der Waals surface area contributed by atoms with Gasteiger partial charge < -0.3 is 19.8 Å². The van der Waals surface area contributed by atoms with Crippen LogP contribution in [0.2, 0.25) is 0 Å². The first-order valence-electron chi connectivity index (χ1n) is 8.00. The Morgan fingerprint density at radius 3 is 1.92 bits per heavy atom. The molecule has 0 atom stereocenters. The van der Waals surface area contributed by atoms with Gasteiger partial charge in [-0.25, -0.2) is 0 Å². The molecule has 1 heterocycles. The fourth-order valence-electron chi connectivity index (χ4n) is 3.31. The summed E-state index contributed by atoms with van der Waals surface area (Å²) in [6.07, 6.45) is 0. The smallest absolute Gasteiger partial charge is 0.410 e. The summed E-state index contributed by atoms with van der Waals surface area (Å²) in [6.45, 7) is 0.0306. The molecule has 4 nitrogen and oxygen atoms in total. The maximum absolute atomic E-state index is 5.30. The zero-order chi connectivity index (χ0) is 16.5. The monoisotopic (exact) mass is 316 g/mol. The Hall–Kier alpha value is -2.43. The summed E-state index contributed by atoms with van der Waals surface area (Å²) in [5, 5.41) is 9.64. The van der Waals surface area contributed by atoms with Gasteiger partial charge in [0.25, 0.3) is 0 Å². The van der Waals surface area contributed by atoms with Gasteiger partial charge in [0.1, 0.15) is 0 Å². The van der Waals surface area contributed by atoms with Gasteiger partial charge in [-0.1, -0.05) is 48.5 Å². The lowest BCUT2D eigenvalue weighted by atomic mass is 9.65. The molecule has 0 saturated carbocycles. The fraction of sp³-hybridized carbons (Fsp3) is 0.111. The summed E-state index contributed by atoms with van der Waals surface area (Å²) < 4.78 is 10.6. The van der Waals surface area contributed by atoms with Gasteiger partial charge in [-0.2, -0.15) is 0 Å². The van der Waals surface area contributed by atoms with E-state index in [9.17, 15) is 0 Å². The molecule has 0 aromatic heterocycles. The van der Waals surface area contributed by atoms with Crippen LogP contribution in [0.5, 0.6) is 0 Å². The highest BCUT2D eigenvalue weighted by Crippen LogP contribution is 2.33. The minimum absolute atomic E-state index is 0.0306. The lowest BCUT2D eigenvalue weighted by Crippen LogP contribution is -2.48. The summed E-state index contributed by atoms with van der Waals surface area (Å²) in [6, 6.07) is 21.0. The van der Waals surface area contributed by atoms with Crippen LogP contribution >= 0.6 is 0 Å². The van der Waals surface area contributed by atoms with Crippen LogP contribution in [-0.4, -0.2) is 28.3 Å². The van der Waals surface area contributed by atoms with Crippen LogP contribution in [-0.2, 0) is 9.31 Å². The normalized spacial score (nSPS) is 12.7. The summed E-state index contributed by atoms with van der Waals surface area (Å²) in [5.41, 5.74) is 4.48. The number of hydrogen-bond acceptors (Lipinski definition) is 4. The van der Waals surface area contributed by atoms with Crippen molar-refractivity contribution >= 4 is 47.2 Å². The number of nitrogens with one attached hydrogen (secondary N) is 2. The van der Waals surface area contributed by atoms with Crippen LogP contribution in [0.1, 0.15) is 0 Å². The highest BCUT2D eigenvalue weighted by atomic mass is 16.6. The van der Waals surface area contributed by atoms with Crippen molar-refractivity contribution in [1.29, 1.82) is 0 Å². The molecule has 3 aromatic rings. The van der Waals surface area contributed by atoms with Gasteiger partial charge >= 0.3 is 14.1 Å². The quantitative estimate of drug-likeness (QED) is 0.723.